The van der Waals surface area contributed by atoms with E-state index in [1.165, 1.54) is 57.8 Å². The van der Waals surface area contributed by atoms with Crippen molar-refractivity contribution >= 4 is 5.91 Å². The summed E-state index contributed by atoms with van der Waals surface area (Å²) in [6.45, 7) is 1.98. The zero-order valence-corrected chi connectivity index (χ0v) is 12.7. The Morgan fingerprint density at radius 1 is 1.00 bits per heavy atom. The number of nitrogens with one attached hydrogen (secondary N) is 2. The normalized spacial score (nSPS) is 21.2. The summed E-state index contributed by atoms with van der Waals surface area (Å²) < 4.78 is 5.84. The molecule has 0 saturated heterocycles. The lowest BCUT2D eigenvalue weighted by molar-refractivity contribution is -0.120. The number of hydrogen-bond donors (Lipinski definition) is 2. The lowest BCUT2D eigenvalue weighted by Gasteiger charge is -2.21. The summed E-state index contributed by atoms with van der Waals surface area (Å²) >= 11 is 0. The molecule has 0 unspecified atom stereocenters. The van der Waals surface area contributed by atoms with Crippen molar-refractivity contribution in [1.82, 2.24) is 10.6 Å². The van der Waals surface area contributed by atoms with Crippen molar-refractivity contribution in [2.24, 2.45) is 0 Å². The minimum absolute atomic E-state index is 0.120. The van der Waals surface area contributed by atoms with Gasteiger partial charge in [-0.1, -0.05) is 32.1 Å². The van der Waals surface area contributed by atoms with Gasteiger partial charge in [0.25, 0.3) is 0 Å². The Hall–Kier alpha value is -0.610. The molecule has 2 rings (SSSR count). The predicted octanol–water partition coefficient (Wildman–Crippen LogP) is 2.37. The average molecular weight is 282 g/mol. The van der Waals surface area contributed by atoms with Crippen molar-refractivity contribution in [2.75, 3.05) is 19.7 Å². The van der Waals surface area contributed by atoms with E-state index in [1.54, 1.807) is 0 Å². The molecule has 2 N–H and O–H groups in total. The molecule has 0 spiro atoms. The number of carbonyl (C=O) groups is 1. The zero-order valence-electron chi connectivity index (χ0n) is 12.7. The second kappa shape index (κ2) is 9.35. The van der Waals surface area contributed by atoms with Crippen molar-refractivity contribution in [1.29, 1.82) is 0 Å². The van der Waals surface area contributed by atoms with Crippen LogP contribution >= 0.6 is 0 Å². The largest absolute Gasteiger partial charge is 0.378 e. The first kappa shape index (κ1) is 15.8. The number of carbonyl (C=O) groups excluding carboxylic acids is 1. The number of rotatable bonds is 8. The summed E-state index contributed by atoms with van der Waals surface area (Å²) in [5.41, 5.74) is 0. The van der Waals surface area contributed by atoms with Crippen LogP contribution in [0.1, 0.15) is 64.2 Å². The molecule has 0 aromatic carbocycles. The van der Waals surface area contributed by atoms with E-state index >= 15 is 0 Å². The summed E-state index contributed by atoms with van der Waals surface area (Å²) in [6, 6.07) is 0.565. The lowest BCUT2D eigenvalue weighted by Crippen LogP contribution is -2.38. The van der Waals surface area contributed by atoms with E-state index in [0.717, 1.165) is 19.6 Å². The van der Waals surface area contributed by atoms with Crippen molar-refractivity contribution < 1.29 is 9.53 Å². The van der Waals surface area contributed by atoms with Gasteiger partial charge in [-0.3, -0.25) is 4.79 Å². The van der Waals surface area contributed by atoms with Gasteiger partial charge in [-0.05, 0) is 32.1 Å². The molecular formula is C16H30N2O2. The molecule has 4 heteroatoms. The van der Waals surface area contributed by atoms with Gasteiger partial charge in [0, 0.05) is 19.2 Å². The van der Waals surface area contributed by atoms with E-state index in [2.05, 4.69) is 10.6 Å². The van der Waals surface area contributed by atoms with E-state index in [4.69, 9.17) is 4.74 Å². The fraction of sp³-hybridized carbons (Fsp3) is 0.938. The smallest absolute Gasteiger partial charge is 0.233 e. The standard InChI is InChI=1S/C16H30N2O2/c19-16(13-18-14-7-4-5-8-14)17-11-6-12-20-15-9-2-1-3-10-15/h14-15,18H,1-13H2,(H,17,19). The molecule has 0 aliphatic heterocycles. The SMILES string of the molecule is O=C(CNC1CCCC1)NCCCOC1CCCCC1. The molecule has 2 aliphatic carbocycles. The van der Waals surface area contributed by atoms with Gasteiger partial charge in [0.05, 0.1) is 12.6 Å². The summed E-state index contributed by atoms with van der Waals surface area (Å²) in [5.74, 6) is 0.120. The molecular weight excluding hydrogens is 252 g/mol. The van der Waals surface area contributed by atoms with Crippen molar-refractivity contribution in [2.45, 2.75) is 76.4 Å². The van der Waals surface area contributed by atoms with Crippen LogP contribution in [0.4, 0.5) is 0 Å². The quantitative estimate of drug-likeness (QED) is 0.672. The maximum atomic E-state index is 11.7. The van der Waals surface area contributed by atoms with Gasteiger partial charge in [0.15, 0.2) is 0 Å². The molecule has 20 heavy (non-hydrogen) atoms. The Balaban J connectivity index is 1.40. The van der Waals surface area contributed by atoms with E-state index < -0.39 is 0 Å². The molecule has 116 valence electrons. The summed E-state index contributed by atoms with van der Waals surface area (Å²) in [7, 11) is 0. The fourth-order valence-corrected chi connectivity index (χ4v) is 3.21. The van der Waals surface area contributed by atoms with E-state index in [1.807, 2.05) is 0 Å². The third-order valence-electron chi connectivity index (χ3n) is 4.46. The van der Waals surface area contributed by atoms with Gasteiger partial charge in [0.2, 0.25) is 5.91 Å². The molecule has 0 radical (unpaired) electrons. The van der Waals surface area contributed by atoms with Crippen LogP contribution in [0.2, 0.25) is 0 Å². The van der Waals surface area contributed by atoms with Crippen molar-refractivity contribution in [3.63, 3.8) is 0 Å². The maximum Gasteiger partial charge on any atom is 0.233 e. The number of hydrogen-bond acceptors (Lipinski definition) is 3. The Morgan fingerprint density at radius 2 is 1.70 bits per heavy atom. The molecule has 2 saturated carbocycles. The topological polar surface area (TPSA) is 50.4 Å². The monoisotopic (exact) mass is 282 g/mol. The first-order valence-electron chi connectivity index (χ1n) is 8.46. The van der Waals surface area contributed by atoms with Crippen molar-refractivity contribution in [3.05, 3.63) is 0 Å². The summed E-state index contributed by atoms with van der Waals surface area (Å²) in [5, 5.41) is 6.29. The van der Waals surface area contributed by atoms with Crippen LogP contribution in [0.25, 0.3) is 0 Å². The second-order valence-corrected chi connectivity index (χ2v) is 6.20. The molecule has 2 fully saturated rings. The van der Waals surface area contributed by atoms with E-state index in [0.29, 0.717) is 18.7 Å². The molecule has 2 aliphatic rings. The van der Waals surface area contributed by atoms with Crippen LogP contribution < -0.4 is 10.6 Å². The molecule has 0 bridgehead atoms. The Bertz CT molecular complexity index is 272. The molecule has 0 aromatic heterocycles. The first-order chi connectivity index (χ1) is 9.84. The zero-order chi connectivity index (χ0) is 14.0. The van der Waals surface area contributed by atoms with Crippen LogP contribution in [0.5, 0.6) is 0 Å². The van der Waals surface area contributed by atoms with Gasteiger partial charge >= 0.3 is 0 Å². The molecule has 1 amide bonds. The highest BCUT2D eigenvalue weighted by Crippen LogP contribution is 2.20. The Labute approximate surface area is 123 Å². The van der Waals surface area contributed by atoms with Crippen molar-refractivity contribution in [3.8, 4) is 0 Å². The molecule has 0 aromatic rings. The van der Waals surface area contributed by atoms with E-state index in [9.17, 15) is 4.79 Å². The number of amides is 1. The van der Waals surface area contributed by atoms with Gasteiger partial charge in [0.1, 0.15) is 0 Å². The number of ether oxygens (including phenoxy) is 1. The van der Waals surface area contributed by atoms with Gasteiger partial charge < -0.3 is 15.4 Å². The van der Waals surface area contributed by atoms with Crippen LogP contribution in [0.3, 0.4) is 0 Å². The highest BCUT2D eigenvalue weighted by atomic mass is 16.5. The Morgan fingerprint density at radius 3 is 2.45 bits per heavy atom. The molecule has 4 nitrogen and oxygen atoms in total. The maximum absolute atomic E-state index is 11.7. The molecule has 0 heterocycles. The van der Waals surface area contributed by atoms with Crippen LogP contribution in [-0.2, 0) is 9.53 Å². The van der Waals surface area contributed by atoms with Crippen LogP contribution in [-0.4, -0.2) is 37.7 Å². The first-order valence-corrected chi connectivity index (χ1v) is 8.46. The second-order valence-electron chi connectivity index (χ2n) is 6.20. The highest BCUT2D eigenvalue weighted by Gasteiger charge is 2.15. The summed E-state index contributed by atoms with van der Waals surface area (Å²) in [6.07, 6.45) is 12.9. The average Bonchev–Trinajstić information content (AvgIpc) is 2.99. The predicted molar refractivity (Wildman–Crippen MR) is 80.7 cm³/mol. The Kier molecular flexibility index (Phi) is 7.37. The minimum Gasteiger partial charge on any atom is -0.378 e. The van der Waals surface area contributed by atoms with Crippen LogP contribution in [0.15, 0.2) is 0 Å². The minimum atomic E-state index is 0.120. The van der Waals surface area contributed by atoms with Gasteiger partial charge in [-0.25, -0.2) is 0 Å². The lowest BCUT2D eigenvalue weighted by atomic mass is 9.98. The summed E-state index contributed by atoms with van der Waals surface area (Å²) in [4.78, 5) is 11.7. The van der Waals surface area contributed by atoms with Gasteiger partial charge in [-0.2, -0.15) is 0 Å². The third kappa shape index (κ3) is 6.23. The van der Waals surface area contributed by atoms with Crippen LogP contribution in [0, 0.1) is 0 Å². The fourth-order valence-electron chi connectivity index (χ4n) is 3.21. The van der Waals surface area contributed by atoms with E-state index in [-0.39, 0.29) is 5.91 Å². The molecule has 0 atom stereocenters. The highest BCUT2D eigenvalue weighted by molar-refractivity contribution is 5.77. The third-order valence-corrected chi connectivity index (χ3v) is 4.46. The van der Waals surface area contributed by atoms with Gasteiger partial charge in [-0.15, -0.1) is 0 Å².